The van der Waals surface area contributed by atoms with Crippen molar-refractivity contribution in [3.05, 3.63) is 59.9 Å². The monoisotopic (exact) mass is 341 g/mol. The van der Waals surface area contributed by atoms with E-state index in [9.17, 15) is 9.90 Å². The van der Waals surface area contributed by atoms with E-state index in [0.29, 0.717) is 18.7 Å². The third-order valence-electron chi connectivity index (χ3n) is 4.52. The fraction of sp³-hybridized carbons (Fsp3) is 0.368. The number of hydrogen-bond acceptors (Lipinski definition) is 5. The van der Waals surface area contributed by atoms with E-state index < -0.39 is 0 Å². The van der Waals surface area contributed by atoms with Crippen molar-refractivity contribution in [1.82, 2.24) is 14.8 Å². The predicted molar refractivity (Wildman–Crippen MR) is 94.4 cm³/mol. The van der Waals surface area contributed by atoms with Crippen LogP contribution < -0.4 is 0 Å². The quantitative estimate of drug-likeness (QED) is 0.920. The van der Waals surface area contributed by atoms with Gasteiger partial charge >= 0.3 is 0 Å². The van der Waals surface area contributed by atoms with Crippen LogP contribution in [0.3, 0.4) is 0 Å². The molecule has 0 saturated carbocycles. The van der Waals surface area contributed by atoms with Gasteiger partial charge < -0.3 is 14.7 Å². The van der Waals surface area contributed by atoms with E-state index in [4.69, 9.17) is 4.74 Å². The lowest BCUT2D eigenvalue weighted by molar-refractivity contribution is -0.0707. The molecule has 25 heavy (non-hydrogen) atoms. The normalized spacial score (nSPS) is 21.0. The third kappa shape index (κ3) is 3.97. The first-order valence-corrected chi connectivity index (χ1v) is 8.32. The van der Waals surface area contributed by atoms with Gasteiger partial charge in [0.15, 0.2) is 0 Å². The Labute approximate surface area is 147 Å². The molecule has 1 saturated heterocycles. The summed E-state index contributed by atoms with van der Waals surface area (Å²) in [6.45, 7) is 1.95. The number of aromatic hydroxyl groups is 1. The van der Waals surface area contributed by atoms with Gasteiger partial charge in [-0.15, -0.1) is 0 Å². The van der Waals surface area contributed by atoms with Crippen LogP contribution in [0, 0.1) is 0 Å². The molecule has 1 amide bonds. The van der Waals surface area contributed by atoms with E-state index in [1.165, 1.54) is 24.0 Å². The van der Waals surface area contributed by atoms with Gasteiger partial charge in [0.1, 0.15) is 5.75 Å². The molecule has 6 heteroatoms. The van der Waals surface area contributed by atoms with Crippen LogP contribution >= 0.6 is 0 Å². The summed E-state index contributed by atoms with van der Waals surface area (Å²) in [6.07, 6.45) is 2.64. The van der Waals surface area contributed by atoms with Gasteiger partial charge in [0.05, 0.1) is 30.5 Å². The van der Waals surface area contributed by atoms with E-state index in [0.717, 1.165) is 6.54 Å². The Morgan fingerprint density at radius 1 is 1.36 bits per heavy atom. The highest BCUT2D eigenvalue weighted by atomic mass is 16.5. The second-order valence-electron chi connectivity index (χ2n) is 6.36. The third-order valence-corrected chi connectivity index (χ3v) is 4.52. The van der Waals surface area contributed by atoms with Crippen LogP contribution in [-0.2, 0) is 4.74 Å². The maximum Gasteiger partial charge on any atom is 0.255 e. The zero-order chi connectivity index (χ0) is 17.8. The Morgan fingerprint density at radius 2 is 2.12 bits per heavy atom. The summed E-state index contributed by atoms with van der Waals surface area (Å²) in [7, 11) is 3.82. The van der Waals surface area contributed by atoms with Gasteiger partial charge in [-0.25, -0.2) is 0 Å². The topological polar surface area (TPSA) is 65.9 Å². The first-order valence-electron chi connectivity index (χ1n) is 8.32. The lowest BCUT2D eigenvalue weighted by atomic mass is 9.98. The highest BCUT2D eigenvalue weighted by molar-refractivity contribution is 5.94. The molecule has 1 aromatic heterocycles. The Kier molecular flexibility index (Phi) is 5.31. The number of benzene rings is 1. The smallest absolute Gasteiger partial charge is 0.255 e. The van der Waals surface area contributed by atoms with Crippen molar-refractivity contribution in [3.63, 3.8) is 0 Å². The Morgan fingerprint density at radius 3 is 2.84 bits per heavy atom. The molecule has 3 rings (SSSR count). The number of pyridine rings is 1. The number of likely N-dealkylation sites (N-methyl/N-ethyl adjacent to an activating group) is 2. The molecule has 0 aliphatic carbocycles. The van der Waals surface area contributed by atoms with Gasteiger partial charge in [0.2, 0.25) is 0 Å². The molecular weight excluding hydrogens is 318 g/mol. The molecule has 132 valence electrons. The fourth-order valence-corrected chi connectivity index (χ4v) is 3.25. The summed E-state index contributed by atoms with van der Waals surface area (Å²) in [5.74, 6) is -0.206. The number of ether oxygens (including phenoxy) is 1. The molecule has 0 unspecified atom stereocenters. The van der Waals surface area contributed by atoms with Crippen LogP contribution in [0.5, 0.6) is 5.75 Å². The lowest BCUT2D eigenvalue weighted by Crippen LogP contribution is -2.48. The van der Waals surface area contributed by atoms with Crippen LogP contribution in [0.15, 0.2) is 48.8 Å². The average Bonchev–Trinajstić information content (AvgIpc) is 2.62. The SMILES string of the molecule is CN(C[C@@H]1OCCN(C)[C@H]1c1ccccc1)C(=O)c1cncc(O)c1. The van der Waals surface area contributed by atoms with Crippen molar-refractivity contribution in [2.24, 2.45) is 0 Å². The van der Waals surface area contributed by atoms with Crippen molar-refractivity contribution in [2.75, 3.05) is 33.8 Å². The zero-order valence-electron chi connectivity index (χ0n) is 14.5. The van der Waals surface area contributed by atoms with E-state index in [1.807, 2.05) is 18.2 Å². The molecule has 0 spiro atoms. The number of hydrogen-bond donors (Lipinski definition) is 1. The molecule has 2 heterocycles. The van der Waals surface area contributed by atoms with Crippen molar-refractivity contribution in [3.8, 4) is 5.75 Å². The number of rotatable bonds is 4. The summed E-state index contributed by atoms with van der Waals surface area (Å²) >= 11 is 0. The van der Waals surface area contributed by atoms with Gasteiger partial charge in [-0.1, -0.05) is 30.3 Å². The van der Waals surface area contributed by atoms with Crippen molar-refractivity contribution >= 4 is 5.91 Å². The van der Waals surface area contributed by atoms with E-state index in [2.05, 4.69) is 29.1 Å². The zero-order valence-corrected chi connectivity index (χ0v) is 14.5. The number of aromatic nitrogens is 1. The summed E-state index contributed by atoms with van der Waals surface area (Å²) in [5, 5.41) is 9.53. The van der Waals surface area contributed by atoms with E-state index in [1.54, 1.807) is 11.9 Å². The summed E-state index contributed by atoms with van der Waals surface area (Å²) in [4.78, 5) is 20.4. The molecule has 1 aliphatic heterocycles. The molecule has 1 N–H and O–H groups in total. The number of carbonyl (C=O) groups excluding carboxylic acids is 1. The Balaban J connectivity index is 1.76. The molecule has 1 aromatic carbocycles. The van der Waals surface area contributed by atoms with Crippen LogP contribution in [0.4, 0.5) is 0 Å². The number of nitrogens with zero attached hydrogens (tertiary/aromatic N) is 3. The first kappa shape index (κ1) is 17.4. The van der Waals surface area contributed by atoms with Crippen molar-refractivity contribution in [1.29, 1.82) is 0 Å². The average molecular weight is 341 g/mol. The lowest BCUT2D eigenvalue weighted by Gasteiger charge is -2.40. The van der Waals surface area contributed by atoms with Crippen LogP contribution in [-0.4, -0.2) is 65.7 Å². The van der Waals surface area contributed by atoms with E-state index in [-0.39, 0.29) is 23.8 Å². The van der Waals surface area contributed by atoms with Crippen LogP contribution in [0.25, 0.3) is 0 Å². The largest absolute Gasteiger partial charge is 0.506 e. The summed E-state index contributed by atoms with van der Waals surface area (Å²) < 4.78 is 6.00. The van der Waals surface area contributed by atoms with Gasteiger partial charge in [-0.2, -0.15) is 0 Å². The molecule has 1 fully saturated rings. The van der Waals surface area contributed by atoms with Crippen LogP contribution in [0.1, 0.15) is 22.0 Å². The van der Waals surface area contributed by atoms with E-state index >= 15 is 0 Å². The van der Waals surface area contributed by atoms with Gasteiger partial charge in [0.25, 0.3) is 5.91 Å². The second kappa shape index (κ2) is 7.63. The maximum atomic E-state index is 12.6. The Hall–Kier alpha value is -2.44. The minimum Gasteiger partial charge on any atom is -0.506 e. The predicted octanol–water partition coefficient (Wildman–Crippen LogP) is 1.93. The minimum absolute atomic E-state index is 0.0185. The van der Waals surface area contributed by atoms with Gasteiger partial charge in [-0.05, 0) is 18.7 Å². The van der Waals surface area contributed by atoms with Crippen molar-refractivity contribution < 1.29 is 14.6 Å². The number of amides is 1. The Bertz CT molecular complexity index is 723. The highest BCUT2D eigenvalue weighted by Crippen LogP contribution is 2.29. The van der Waals surface area contributed by atoms with Gasteiger partial charge in [-0.3, -0.25) is 14.7 Å². The molecule has 2 aromatic rings. The molecule has 0 bridgehead atoms. The fourth-order valence-electron chi connectivity index (χ4n) is 3.25. The molecule has 6 nitrogen and oxygen atoms in total. The first-order chi connectivity index (χ1) is 12.1. The molecular formula is C19H23N3O3. The number of morpholine rings is 1. The molecule has 1 aliphatic rings. The second-order valence-corrected chi connectivity index (χ2v) is 6.36. The highest BCUT2D eigenvalue weighted by Gasteiger charge is 2.33. The molecule has 2 atom stereocenters. The van der Waals surface area contributed by atoms with Crippen LogP contribution in [0.2, 0.25) is 0 Å². The standard InChI is InChI=1S/C19H23N3O3/c1-21-8-9-25-17(18(21)14-6-4-3-5-7-14)13-22(2)19(24)15-10-16(23)12-20-11-15/h3-7,10-12,17-18,23H,8-9,13H2,1-2H3/t17-,18-/m0/s1. The minimum atomic E-state index is -0.188. The van der Waals surface area contributed by atoms with Crippen molar-refractivity contribution in [2.45, 2.75) is 12.1 Å². The number of carbonyl (C=O) groups is 1. The maximum absolute atomic E-state index is 12.6. The summed E-state index contributed by atoms with van der Waals surface area (Å²) in [6, 6.07) is 11.7. The summed E-state index contributed by atoms with van der Waals surface area (Å²) in [5.41, 5.74) is 1.54. The van der Waals surface area contributed by atoms with Gasteiger partial charge in [0, 0.05) is 26.3 Å². The molecule has 0 radical (unpaired) electrons.